The molecule has 4 aliphatic heterocycles. The summed E-state index contributed by atoms with van der Waals surface area (Å²) in [7, 11) is 0. The van der Waals surface area contributed by atoms with Gasteiger partial charge in [-0.05, 0) is 91.8 Å². The van der Waals surface area contributed by atoms with Crippen LogP contribution in [0.3, 0.4) is 0 Å². The van der Waals surface area contributed by atoms with Gasteiger partial charge in [0.1, 0.15) is 12.3 Å². The number of piperidine rings is 2. The monoisotopic (exact) mass is 767 g/mol. The molecule has 3 fully saturated rings. The van der Waals surface area contributed by atoms with Crippen LogP contribution in [0, 0.1) is 12.8 Å². The second kappa shape index (κ2) is 17.2. The molecule has 0 radical (unpaired) electrons. The first-order valence-electron chi connectivity index (χ1n) is 20.6. The Morgan fingerprint density at radius 3 is 2.28 bits per heavy atom. The maximum atomic E-state index is 12.2. The average molecular weight is 768 g/mol. The number of benzene rings is 3. The highest BCUT2D eigenvalue weighted by Gasteiger charge is 2.29. The van der Waals surface area contributed by atoms with E-state index in [0.29, 0.717) is 43.7 Å². The molecular weight excluding hydrogens is 715 g/mol. The number of rotatable bonds is 8. The number of amides is 2. The number of anilines is 5. The third-order valence-electron chi connectivity index (χ3n) is 11.8. The molecule has 4 aliphatic rings. The first-order valence-corrected chi connectivity index (χ1v) is 20.6. The second-order valence-corrected chi connectivity index (χ2v) is 15.2. The predicted octanol–water partition coefficient (Wildman–Crippen LogP) is 6.96. The van der Waals surface area contributed by atoms with Crippen molar-refractivity contribution in [2.24, 2.45) is 5.92 Å². The molecule has 2 amide bonds. The molecule has 3 saturated heterocycles. The fourth-order valence-corrected chi connectivity index (χ4v) is 8.54. The minimum Gasteiger partial charge on any atom is -0.474 e. The van der Waals surface area contributed by atoms with E-state index in [2.05, 4.69) is 114 Å². The SMILES string of the molecule is CC.Cc1c(-c2ccc3cnc(Nc4ccc(N5CCC(N6CCN(c7ccc(CC8CCC(=O)NC8=O)cc7)CC6)CC5)cc4)nc3c2)cnc2c1NCCO2. The molecule has 3 aromatic carbocycles. The Kier molecular flexibility index (Phi) is 11.5. The van der Waals surface area contributed by atoms with Gasteiger partial charge in [0.05, 0.1) is 5.52 Å². The van der Waals surface area contributed by atoms with Gasteiger partial charge in [-0.1, -0.05) is 38.1 Å². The lowest BCUT2D eigenvalue weighted by atomic mass is 9.91. The fourth-order valence-electron chi connectivity index (χ4n) is 8.54. The molecule has 0 aliphatic carbocycles. The zero-order valence-electron chi connectivity index (χ0n) is 33.3. The first-order chi connectivity index (χ1) is 27.9. The van der Waals surface area contributed by atoms with E-state index in [1.54, 1.807) is 0 Å². The lowest BCUT2D eigenvalue weighted by Gasteiger charge is -2.44. The molecule has 1 unspecified atom stereocenters. The van der Waals surface area contributed by atoms with Gasteiger partial charge in [0.25, 0.3) is 0 Å². The molecule has 296 valence electrons. The van der Waals surface area contributed by atoms with Gasteiger partial charge >= 0.3 is 0 Å². The van der Waals surface area contributed by atoms with Crippen LogP contribution in [0.25, 0.3) is 22.0 Å². The topological polar surface area (TPSA) is 128 Å². The van der Waals surface area contributed by atoms with Crippen LogP contribution in [0.5, 0.6) is 5.88 Å². The van der Waals surface area contributed by atoms with E-state index in [4.69, 9.17) is 9.72 Å². The highest BCUT2D eigenvalue weighted by Crippen LogP contribution is 2.36. The van der Waals surface area contributed by atoms with Gasteiger partial charge in [0, 0.05) is 105 Å². The number of fused-ring (bicyclic) bond motifs is 2. The van der Waals surface area contributed by atoms with Crippen LogP contribution in [0.1, 0.15) is 50.7 Å². The summed E-state index contributed by atoms with van der Waals surface area (Å²) in [6, 6.07) is 24.1. The molecule has 57 heavy (non-hydrogen) atoms. The number of carbonyl (C=O) groups excluding carboxylic acids is 2. The predicted molar refractivity (Wildman–Crippen MR) is 228 cm³/mol. The van der Waals surface area contributed by atoms with Gasteiger partial charge < -0.3 is 25.2 Å². The molecule has 0 spiro atoms. The van der Waals surface area contributed by atoms with E-state index in [1.807, 2.05) is 26.2 Å². The zero-order chi connectivity index (χ0) is 39.3. The molecule has 0 bridgehead atoms. The van der Waals surface area contributed by atoms with Crippen LogP contribution < -0.4 is 30.5 Å². The summed E-state index contributed by atoms with van der Waals surface area (Å²) in [6.45, 7) is 13.8. The molecule has 5 aromatic rings. The number of nitrogens with one attached hydrogen (secondary N) is 3. The number of ether oxygens (including phenoxy) is 1. The Morgan fingerprint density at radius 2 is 1.54 bits per heavy atom. The molecule has 9 rings (SSSR count). The smallest absolute Gasteiger partial charge is 0.237 e. The summed E-state index contributed by atoms with van der Waals surface area (Å²) in [5, 5.41) is 10.3. The van der Waals surface area contributed by atoms with Crippen molar-refractivity contribution < 1.29 is 14.3 Å². The van der Waals surface area contributed by atoms with E-state index < -0.39 is 0 Å². The van der Waals surface area contributed by atoms with E-state index in [9.17, 15) is 9.59 Å². The summed E-state index contributed by atoms with van der Waals surface area (Å²) < 4.78 is 5.72. The number of hydrogen-bond acceptors (Lipinski definition) is 11. The van der Waals surface area contributed by atoms with Gasteiger partial charge in [0.15, 0.2) is 0 Å². The quantitative estimate of drug-likeness (QED) is 0.142. The van der Waals surface area contributed by atoms with Crippen LogP contribution in [0.4, 0.5) is 28.7 Å². The van der Waals surface area contributed by atoms with Crippen LogP contribution in [0.2, 0.25) is 0 Å². The third kappa shape index (κ3) is 8.51. The van der Waals surface area contributed by atoms with Crippen molar-refractivity contribution in [3.8, 4) is 17.0 Å². The van der Waals surface area contributed by atoms with Gasteiger partial charge in [-0.25, -0.2) is 15.0 Å². The standard InChI is InChI=1S/C43H47N9O3.C2H6/c1-28-37(27-45-42-40(28)44-16-23-55-42)30-4-5-32-26-46-43(48-38(32)25-30)47-33-7-11-35(12-8-33)50-17-14-36(15-18-50)52-21-19-51(20-22-52)34-9-2-29(3-10-34)24-31-6-13-39(53)49-41(31)54;1-2/h2-5,7-12,25-27,31,36,44H,6,13-24H2,1H3,(H,46,47,48)(H,49,53,54);1-2H3. The van der Waals surface area contributed by atoms with Crippen molar-refractivity contribution in [3.05, 3.63) is 90.3 Å². The van der Waals surface area contributed by atoms with Gasteiger partial charge in [-0.3, -0.25) is 19.8 Å². The number of pyridine rings is 1. The molecule has 6 heterocycles. The third-order valence-corrected chi connectivity index (χ3v) is 11.8. The summed E-state index contributed by atoms with van der Waals surface area (Å²) in [4.78, 5) is 45.3. The summed E-state index contributed by atoms with van der Waals surface area (Å²) in [6.07, 6.45) is 7.81. The number of carbonyl (C=O) groups is 2. The van der Waals surface area contributed by atoms with Gasteiger partial charge in [-0.15, -0.1) is 0 Å². The lowest BCUT2D eigenvalue weighted by Crippen LogP contribution is -2.53. The normalized spacial score (nSPS) is 18.8. The maximum Gasteiger partial charge on any atom is 0.237 e. The second-order valence-electron chi connectivity index (χ2n) is 15.2. The van der Waals surface area contributed by atoms with Crippen LogP contribution in [0.15, 0.2) is 79.1 Å². The summed E-state index contributed by atoms with van der Waals surface area (Å²) in [5.74, 6) is 0.811. The molecule has 12 nitrogen and oxygen atoms in total. The fraction of sp³-hybridized carbons (Fsp3) is 0.400. The minimum absolute atomic E-state index is 0.120. The Hall–Kier alpha value is -5.75. The van der Waals surface area contributed by atoms with E-state index in [-0.39, 0.29) is 17.7 Å². The van der Waals surface area contributed by atoms with Gasteiger partial charge in [-0.2, -0.15) is 0 Å². The summed E-state index contributed by atoms with van der Waals surface area (Å²) in [5.41, 5.74) is 9.64. The largest absolute Gasteiger partial charge is 0.474 e. The molecule has 0 saturated carbocycles. The van der Waals surface area contributed by atoms with E-state index in [1.165, 1.54) is 11.4 Å². The number of imide groups is 1. The maximum absolute atomic E-state index is 12.2. The van der Waals surface area contributed by atoms with Crippen LogP contribution >= 0.6 is 0 Å². The number of piperazine rings is 1. The molecule has 1 atom stereocenters. The lowest BCUT2D eigenvalue weighted by molar-refractivity contribution is -0.136. The Morgan fingerprint density at radius 1 is 0.825 bits per heavy atom. The van der Waals surface area contributed by atoms with Crippen molar-refractivity contribution in [2.75, 3.05) is 72.9 Å². The van der Waals surface area contributed by atoms with Gasteiger partial charge in [0.2, 0.25) is 23.6 Å². The Labute approximate surface area is 335 Å². The number of aromatic nitrogens is 3. The average Bonchev–Trinajstić information content (AvgIpc) is 3.26. The van der Waals surface area contributed by atoms with E-state index in [0.717, 1.165) is 103 Å². The molecule has 2 aromatic heterocycles. The van der Waals surface area contributed by atoms with Crippen molar-refractivity contribution in [2.45, 2.75) is 58.9 Å². The van der Waals surface area contributed by atoms with Crippen LogP contribution in [-0.4, -0.2) is 90.1 Å². The van der Waals surface area contributed by atoms with Crippen molar-refractivity contribution in [1.82, 2.24) is 25.2 Å². The number of hydrogen-bond donors (Lipinski definition) is 3. The summed E-state index contributed by atoms with van der Waals surface area (Å²) >= 11 is 0. The highest BCUT2D eigenvalue weighted by molar-refractivity contribution is 5.98. The zero-order valence-corrected chi connectivity index (χ0v) is 33.3. The molecule has 12 heteroatoms. The minimum atomic E-state index is -0.158. The Bertz CT molecular complexity index is 2200. The van der Waals surface area contributed by atoms with Crippen molar-refractivity contribution in [1.29, 1.82) is 0 Å². The number of nitrogens with zero attached hydrogens (tertiary/aromatic N) is 6. The van der Waals surface area contributed by atoms with Crippen molar-refractivity contribution in [3.63, 3.8) is 0 Å². The van der Waals surface area contributed by atoms with E-state index >= 15 is 0 Å². The molecular formula is C45H53N9O3. The van der Waals surface area contributed by atoms with Crippen molar-refractivity contribution >= 4 is 51.4 Å². The Balaban J connectivity index is 0.00000224. The molecule has 3 N–H and O–H groups in total. The van der Waals surface area contributed by atoms with Crippen LogP contribution in [-0.2, 0) is 16.0 Å². The first kappa shape index (κ1) is 38.1. The highest BCUT2D eigenvalue weighted by atomic mass is 16.5.